The zero-order valence-corrected chi connectivity index (χ0v) is 19.9. The highest BCUT2D eigenvalue weighted by atomic mass is 127. The van der Waals surface area contributed by atoms with E-state index in [0.29, 0.717) is 11.3 Å². The van der Waals surface area contributed by atoms with Crippen LogP contribution in [0.2, 0.25) is 0 Å². The molecule has 26 heavy (non-hydrogen) atoms. The normalized spacial score (nSPS) is 21.7. The Labute approximate surface area is 178 Å². The van der Waals surface area contributed by atoms with Crippen molar-refractivity contribution in [1.82, 2.24) is 10.6 Å². The van der Waals surface area contributed by atoms with Crippen LogP contribution in [0.25, 0.3) is 0 Å². The van der Waals surface area contributed by atoms with Crippen molar-refractivity contribution in [3.05, 3.63) is 34.4 Å². The van der Waals surface area contributed by atoms with Crippen molar-refractivity contribution in [2.45, 2.75) is 71.2 Å². The number of nitrogens with one attached hydrogen (secondary N) is 2. The van der Waals surface area contributed by atoms with Gasteiger partial charge in [-0.25, -0.2) is 0 Å². The van der Waals surface area contributed by atoms with Crippen LogP contribution in [0.3, 0.4) is 0 Å². The predicted molar refractivity (Wildman–Crippen MR) is 124 cm³/mol. The second kappa shape index (κ2) is 11.3. The van der Waals surface area contributed by atoms with Crippen molar-refractivity contribution >= 4 is 40.7 Å². The first kappa shape index (κ1) is 23.4. The third-order valence-corrected chi connectivity index (χ3v) is 6.86. The molecule has 1 aliphatic carbocycles. The number of guanidine groups is 1. The highest BCUT2D eigenvalue weighted by Crippen LogP contribution is 2.23. The summed E-state index contributed by atoms with van der Waals surface area (Å²) in [6.45, 7) is 9.25. The lowest BCUT2D eigenvalue weighted by molar-refractivity contribution is 0.413. The van der Waals surface area contributed by atoms with Crippen molar-refractivity contribution in [2.75, 3.05) is 12.8 Å². The van der Waals surface area contributed by atoms with Gasteiger partial charge in [0, 0.05) is 41.4 Å². The zero-order chi connectivity index (χ0) is 18.4. The van der Waals surface area contributed by atoms with E-state index in [4.69, 9.17) is 0 Å². The molecule has 1 aromatic carbocycles. The molecule has 1 fully saturated rings. The Bertz CT molecular complexity index is 625. The number of aliphatic imine (C=N–C) groups is 1. The summed E-state index contributed by atoms with van der Waals surface area (Å²) >= 11 is 0. The molecule has 3 unspecified atom stereocenters. The largest absolute Gasteiger partial charge is 0.354 e. The molecule has 0 saturated heterocycles. The van der Waals surface area contributed by atoms with Crippen LogP contribution in [0.4, 0.5) is 0 Å². The van der Waals surface area contributed by atoms with Crippen LogP contribution in [0.5, 0.6) is 0 Å². The fourth-order valence-electron chi connectivity index (χ4n) is 3.80. The summed E-state index contributed by atoms with van der Waals surface area (Å²) in [5.41, 5.74) is 5.27. The van der Waals surface area contributed by atoms with Gasteiger partial charge in [-0.15, -0.1) is 24.0 Å². The maximum Gasteiger partial charge on any atom is 0.191 e. The SMILES string of the molecule is CCS(=O)C1CCCC(NC(=NC)NCc2c(C)cc(C)cc2C)C1.I. The fraction of sp³-hybridized carbons (Fsp3) is 0.650. The van der Waals surface area contributed by atoms with Crippen LogP contribution >= 0.6 is 24.0 Å². The molecule has 6 heteroatoms. The number of nitrogens with zero attached hydrogens (tertiary/aromatic N) is 1. The Morgan fingerprint density at radius 3 is 2.46 bits per heavy atom. The Kier molecular flexibility index (Phi) is 10.1. The quantitative estimate of drug-likeness (QED) is 0.372. The molecular formula is C20H34IN3OS. The summed E-state index contributed by atoms with van der Waals surface area (Å²) in [6, 6.07) is 4.82. The van der Waals surface area contributed by atoms with Crippen molar-refractivity contribution in [3.8, 4) is 0 Å². The van der Waals surface area contributed by atoms with Crippen molar-refractivity contribution < 1.29 is 4.21 Å². The van der Waals surface area contributed by atoms with E-state index in [1.54, 1.807) is 0 Å². The molecule has 0 radical (unpaired) electrons. The summed E-state index contributed by atoms with van der Waals surface area (Å²) in [4.78, 5) is 4.38. The van der Waals surface area contributed by atoms with Crippen LogP contribution in [0.1, 0.15) is 54.9 Å². The molecule has 0 heterocycles. The van der Waals surface area contributed by atoms with Gasteiger partial charge >= 0.3 is 0 Å². The van der Waals surface area contributed by atoms with Crippen LogP contribution in [-0.4, -0.2) is 34.3 Å². The topological polar surface area (TPSA) is 53.5 Å². The first-order valence-corrected chi connectivity index (χ1v) is 10.7. The monoisotopic (exact) mass is 491 g/mol. The number of benzene rings is 1. The first-order valence-electron chi connectivity index (χ1n) is 9.35. The van der Waals surface area contributed by atoms with E-state index in [0.717, 1.165) is 43.9 Å². The van der Waals surface area contributed by atoms with Gasteiger partial charge in [-0.05, 0) is 56.7 Å². The van der Waals surface area contributed by atoms with Gasteiger partial charge in [-0.3, -0.25) is 9.20 Å². The number of hydrogen-bond donors (Lipinski definition) is 2. The first-order chi connectivity index (χ1) is 11.9. The van der Waals surface area contributed by atoms with Gasteiger partial charge in [0.15, 0.2) is 5.96 Å². The Morgan fingerprint density at radius 2 is 1.88 bits per heavy atom. The molecule has 1 aliphatic rings. The molecular weight excluding hydrogens is 457 g/mol. The van der Waals surface area contributed by atoms with Gasteiger partial charge in [0.2, 0.25) is 0 Å². The number of hydrogen-bond acceptors (Lipinski definition) is 2. The molecule has 3 atom stereocenters. The summed E-state index contributed by atoms with van der Waals surface area (Å²) in [5, 5.41) is 7.32. The average molecular weight is 491 g/mol. The van der Waals surface area contributed by atoms with Crippen LogP contribution < -0.4 is 10.6 Å². The molecule has 1 saturated carbocycles. The molecule has 1 aromatic rings. The van der Waals surface area contributed by atoms with Crippen LogP contribution in [0, 0.1) is 20.8 Å². The molecule has 0 amide bonds. The van der Waals surface area contributed by atoms with E-state index in [9.17, 15) is 4.21 Å². The van der Waals surface area contributed by atoms with Gasteiger partial charge in [-0.2, -0.15) is 0 Å². The molecule has 0 spiro atoms. The van der Waals surface area contributed by atoms with E-state index >= 15 is 0 Å². The van der Waals surface area contributed by atoms with E-state index in [1.807, 2.05) is 14.0 Å². The average Bonchev–Trinajstić information content (AvgIpc) is 2.59. The fourth-order valence-corrected chi connectivity index (χ4v) is 5.15. The van der Waals surface area contributed by atoms with E-state index in [2.05, 4.69) is 48.5 Å². The highest BCUT2D eigenvalue weighted by molar-refractivity contribution is 14.0. The Hall–Kier alpha value is -0.630. The molecule has 2 rings (SSSR count). The van der Waals surface area contributed by atoms with E-state index in [-0.39, 0.29) is 24.0 Å². The third kappa shape index (κ3) is 6.51. The molecule has 0 bridgehead atoms. The maximum atomic E-state index is 12.1. The van der Waals surface area contributed by atoms with Crippen LogP contribution in [0.15, 0.2) is 17.1 Å². The summed E-state index contributed by atoms with van der Waals surface area (Å²) in [5.74, 6) is 1.60. The van der Waals surface area contributed by atoms with E-state index in [1.165, 1.54) is 22.3 Å². The lowest BCUT2D eigenvalue weighted by atomic mass is 9.95. The minimum absolute atomic E-state index is 0. The van der Waals surface area contributed by atoms with Gasteiger partial charge in [0.05, 0.1) is 0 Å². The summed E-state index contributed by atoms with van der Waals surface area (Å²) < 4.78 is 12.1. The summed E-state index contributed by atoms with van der Waals surface area (Å²) in [6.07, 6.45) is 4.33. The smallest absolute Gasteiger partial charge is 0.191 e. The van der Waals surface area contributed by atoms with Gasteiger partial charge < -0.3 is 10.6 Å². The summed E-state index contributed by atoms with van der Waals surface area (Å²) in [7, 11) is 1.12. The molecule has 2 N–H and O–H groups in total. The van der Waals surface area contributed by atoms with Crippen molar-refractivity contribution in [1.29, 1.82) is 0 Å². The lowest BCUT2D eigenvalue weighted by Crippen LogP contribution is -2.46. The van der Waals surface area contributed by atoms with Gasteiger partial charge in [0.25, 0.3) is 0 Å². The predicted octanol–water partition coefficient (Wildman–Crippen LogP) is 3.97. The lowest BCUT2D eigenvalue weighted by Gasteiger charge is -2.30. The number of aryl methyl sites for hydroxylation is 3. The second-order valence-electron chi connectivity index (χ2n) is 7.10. The van der Waals surface area contributed by atoms with Crippen molar-refractivity contribution in [2.24, 2.45) is 4.99 Å². The van der Waals surface area contributed by atoms with Crippen molar-refractivity contribution in [3.63, 3.8) is 0 Å². The highest BCUT2D eigenvalue weighted by Gasteiger charge is 2.26. The molecule has 0 aromatic heterocycles. The standard InChI is InChI=1S/C20H33N3OS.HI/c1-6-25(24)18-9-7-8-17(12-18)23-20(21-5)22-13-19-15(3)10-14(2)11-16(19)4;/h10-11,17-18H,6-9,12-13H2,1-5H3,(H2,21,22,23);1H. The second-order valence-corrected chi connectivity index (χ2v) is 9.11. The third-order valence-electron chi connectivity index (χ3n) is 5.12. The van der Waals surface area contributed by atoms with Crippen LogP contribution in [-0.2, 0) is 17.3 Å². The Morgan fingerprint density at radius 1 is 1.23 bits per heavy atom. The maximum absolute atomic E-state index is 12.1. The Balaban J connectivity index is 0.00000338. The minimum Gasteiger partial charge on any atom is -0.354 e. The van der Waals surface area contributed by atoms with Gasteiger partial charge in [0.1, 0.15) is 0 Å². The molecule has 4 nitrogen and oxygen atoms in total. The molecule has 0 aliphatic heterocycles. The van der Waals surface area contributed by atoms with Gasteiger partial charge in [-0.1, -0.05) is 31.0 Å². The van der Waals surface area contributed by atoms with E-state index < -0.39 is 10.8 Å². The number of halogens is 1. The molecule has 148 valence electrons. The zero-order valence-electron chi connectivity index (χ0n) is 16.7. The number of rotatable bonds is 5. The minimum atomic E-state index is -0.693.